The van der Waals surface area contributed by atoms with Gasteiger partial charge in [-0.2, -0.15) is 0 Å². The van der Waals surface area contributed by atoms with Crippen LogP contribution in [-0.2, 0) is 9.59 Å². The van der Waals surface area contributed by atoms with Crippen LogP contribution in [0, 0.1) is 17.8 Å². The number of hydrogen-bond acceptors (Lipinski definition) is 2. The molecule has 28 heavy (non-hydrogen) atoms. The van der Waals surface area contributed by atoms with E-state index in [1.807, 2.05) is 24.4 Å². The number of fused-ring (bicyclic) bond motifs is 1. The molecular weight excluding hydrogens is 376 g/mol. The normalized spacial score (nSPS) is 32.1. The van der Waals surface area contributed by atoms with E-state index in [9.17, 15) is 14.7 Å². The smallest absolute Gasteiger partial charge is 0.307 e. The number of H-pyrrole nitrogens is 1. The van der Waals surface area contributed by atoms with E-state index in [-0.39, 0.29) is 41.7 Å². The zero-order valence-electron chi connectivity index (χ0n) is 15.9. The van der Waals surface area contributed by atoms with Gasteiger partial charge in [0.2, 0.25) is 5.91 Å². The molecule has 0 radical (unpaired) electrons. The zero-order valence-corrected chi connectivity index (χ0v) is 16.7. The highest BCUT2D eigenvalue weighted by atomic mass is 35.5. The molecular formula is C22H25ClN2O3. The zero-order chi connectivity index (χ0) is 19.6. The average Bonchev–Trinajstić information content (AvgIpc) is 3.03. The Hall–Kier alpha value is -2.01. The maximum atomic E-state index is 13.2. The molecule has 0 spiro atoms. The Morgan fingerprint density at radius 2 is 1.86 bits per heavy atom. The van der Waals surface area contributed by atoms with Gasteiger partial charge in [-0.25, -0.2) is 0 Å². The molecule has 4 aliphatic rings. The molecule has 2 saturated carbocycles. The van der Waals surface area contributed by atoms with Gasteiger partial charge in [-0.1, -0.05) is 24.6 Å². The molecule has 2 aromatic rings. The minimum Gasteiger partial charge on any atom is -0.481 e. The second-order valence-corrected chi connectivity index (χ2v) is 9.41. The number of hydrogen-bond donors (Lipinski definition) is 2. The van der Waals surface area contributed by atoms with Crippen molar-refractivity contribution in [3.8, 4) is 0 Å². The number of carbonyl (C=O) groups is 2. The van der Waals surface area contributed by atoms with E-state index in [4.69, 9.17) is 11.6 Å². The lowest BCUT2D eigenvalue weighted by Crippen LogP contribution is -2.63. The summed E-state index contributed by atoms with van der Waals surface area (Å²) in [5, 5.41) is 11.4. The van der Waals surface area contributed by atoms with Gasteiger partial charge in [0.05, 0.1) is 5.92 Å². The van der Waals surface area contributed by atoms with Crippen LogP contribution in [0.5, 0.6) is 0 Å². The van der Waals surface area contributed by atoms with Crippen LogP contribution in [0.25, 0.3) is 10.9 Å². The van der Waals surface area contributed by atoms with Crippen molar-refractivity contribution in [1.29, 1.82) is 0 Å². The quantitative estimate of drug-likeness (QED) is 0.798. The number of carboxylic acids is 1. The lowest BCUT2D eigenvalue weighted by atomic mass is 9.57. The molecule has 1 unspecified atom stereocenters. The van der Waals surface area contributed by atoms with E-state index in [0.717, 1.165) is 42.1 Å². The van der Waals surface area contributed by atoms with E-state index in [2.05, 4.69) is 16.8 Å². The van der Waals surface area contributed by atoms with E-state index in [1.165, 1.54) is 0 Å². The molecule has 148 valence electrons. The molecule has 2 aliphatic heterocycles. The number of rotatable bonds is 4. The minimum absolute atomic E-state index is 0.117. The second kappa shape index (κ2) is 6.51. The fraction of sp³-hybridized carbons (Fsp3) is 0.545. The van der Waals surface area contributed by atoms with Gasteiger partial charge in [-0.3, -0.25) is 9.59 Å². The van der Waals surface area contributed by atoms with Crippen LogP contribution in [0.15, 0.2) is 24.4 Å². The molecule has 1 atom stereocenters. The lowest BCUT2D eigenvalue weighted by molar-refractivity contribution is -0.168. The SMILES string of the molecule is CC(CC(=O)N1C2CC3CC1CC(C2)C3C(=O)O)c1c[nH]c2cc(Cl)ccc12. The van der Waals surface area contributed by atoms with Gasteiger partial charge in [-0.15, -0.1) is 0 Å². The number of halogens is 1. The largest absolute Gasteiger partial charge is 0.481 e. The van der Waals surface area contributed by atoms with Gasteiger partial charge < -0.3 is 15.0 Å². The summed E-state index contributed by atoms with van der Waals surface area (Å²) >= 11 is 6.08. The van der Waals surface area contributed by atoms with Crippen molar-refractivity contribution in [1.82, 2.24) is 9.88 Å². The molecule has 2 aliphatic carbocycles. The first-order valence-electron chi connectivity index (χ1n) is 10.2. The van der Waals surface area contributed by atoms with Crippen molar-refractivity contribution in [2.24, 2.45) is 17.8 Å². The number of carbonyl (C=O) groups excluding carboxylic acids is 1. The summed E-state index contributed by atoms with van der Waals surface area (Å²) in [5.41, 5.74) is 2.15. The number of aromatic nitrogens is 1. The minimum atomic E-state index is -0.639. The van der Waals surface area contributed by atoms with Crippen LogP contribution in [0.3, 0.4) is 0 Å². The highest BCUT2D eigenvalue weighted by molar-refractivity contribution is 6.31. The van der Waals surface area contributed by atoms with Gasteiger partial charge >= 0.3 is 5.97 Å². The number of aliphatic carboxylic acids is 1. The predicted molar refractivity (Wildman–Crippen MR) is 107 cm³/mol. The molecule has 6 rings (SSSR count). The number of benzene rings is 1. The van der Waals surface area contributed by atoms with Gasteiger partial charge in [0, 0.05) is 40.6 Å². The van der Waals surface area contributed by atoms with E-state index < -0.39 is 5.97 Å². The van der Waals surface area contributed by atoms with Gasteiger partial charge in [-0.05, 0) is 61.1 Å². The first-order chi connectivity index (χ1) is 13.4. The number of amides is 1. The van der Waals surface area contributed by atoms with E-state index in [1.54, 1.807) is 0 Å². The maximum Gasteiger partial charge on any atom is 0.307 e. The van der Waals surface area contributed by atoms with Gasteiger partial charge in [0.15, 0.2) is 0 Å². The number of aromatic amines is 1. The Balaban J connectivity index is 1.32. The first-order valence-corrected chi connectivity index (χ1v) is 10.6. The molecule has 1 aromatic carbocycles. The predicted octanol–water partition coefficient (Wildman–Crippen LogP) is 4.42. The van der Waals surface area contributed by atoms with Crippen molar-refractivity contribution in [3.05, 3.63) is 35.0 Å². The van der Waals surface area contributed by atoms with Crippen molar-refractivity contribution in [2.45, 2.75) is 57.0 Å². The van der Waals surface area contributed by atoms with Crippen molar-refractivity contribution >= 4 is 34.4 Å². The third-order valence-corrected chi connectivity index (χ3v) is 7.60. The molecule has 4 bridgehead atoms. The highest BCUT2D eigenvalue weighted by Gasteiger charge is 2.55. The number of carboxylic acid groups (broad SMARTS) is 1. The standard InChI is InChI=1S/C22H25ClN2O3/c1-11(18-10-24-19-9-14(23)2-3-17(18)19)4-20(26)25-15-5-12-6-16(25)8-13(7-15)21(12)22(27)28/h2-3,9-13,15-16,21,24H,4-8H2,1H3,(H,27,28). The summed E-state index contributed by atoms with van der Waals surface area (Å²) in [7, 11) is 0. The van der Waals surface area contributed by atoms with Crippen LogP contribution in [0.1, 0.15) is 50.5 Å². The summed E-state index contributed by atoms with van der Waals surface area (Å²) in [6.45, 7) is 2.10. The lowest BCUT2D eigenvalue weighted by Gasteiger charge is -2.58. The molecule has 2 saturated heterocycles. The summed E-state index contributed by atoms with van der Waals surface area (Å²) in [6, 6.07) is 6.28. The number of piperidine rings is 2. The fourth-order valence-corrected chi connectivity index (χ4v) is 6.50. The molecule has 1 amide bonds. The third-order valence-electron chi connectivity index (χ3n) is 7.36. The number of nitrogens with one attached hydrogen (secondary N) is 1. The fourth-order valence-electron chi connectivity index (χ4n) is 6.32. The van der Waals surface area contributed by atoms with Crippen LogP contribution in [0.2, 0.25) is 5.02 Å². The number of nitrogens with zero attached hydrogens (tertiary/aromatic N) is 1. The first kappa shape index (κ1) is 18.0. The van der Waals surface area contributed by atoms with Crippen LogP contribution in [-0.4, -0.2) is 39.0 Å². The summed E-state index contributed by atoms with van der Waals surface area (Å²) < 4.78 is 0. The molecule has 5 nitrogen and oxygen atoms in total. The Labute approximate surface area is 169 Å². The maximum absolute atomic E-state index is 13.2. The summed E-state index contributed by atoms with van der Waals surface area (Å²) in [5.74, 6) is 0.00371. The van der Waals surface area contributed by atoms with E-state index in [0.29, 0.717) is 11.4 Å². The Morgan fingerprint density at radius 1 is 1.21 bits per heavy atom. The Kier molecular flexibility index (Phi) is 4.20. The topological polar surface area (TPSA) is 73.4 Å². The van der Waals surface area contributed by atoms with Crippen LogP contribution < -0.4 is 0 Å². The Morgan fingerprint density at radius 3 is 2.46 bits per heavy atom. The third kappa shape index (κ3) is 2.74. The van der Waals surface area contributed by atoms with Crippen LogP contribution in [0.4, 0.5) is 0 Å². The van der Waals surface area contributed by atoms with Crippen molar-refractivity contribution in [2.75, 3.05) is 0 Å². The van der Waals surface area contributed by atoms with Crippen molar-refractivity contribution < 1.29 is 14.7 Å². The van der Waals surface area contributed by atoms with E-state index >= 15 is 0 Å². The second-order valence-electron chi connectivity index (χ2n) is 8.97. The molecule has 4 fully saturated rings. The molecule has 6 heteroatoms. The van der Waals surface area contributed by atoms with Gasteiger partial charge in [0.25, 0.3) is 0 Å². The summed E-state index contributed by atoms with van der Waals surface area (Å²) in [4.78, 5) is 30.2. The molecule has 2 N–H and O–H groups in total. The molecule has 3 heterocycles. The average molecular weight is 401 g/mol. The highest BCUT2D eigenvalue weighted by Crippen LogP contribution is 2.52. The Bertz CT molecular complexity index is 922. The van der Waals surface area contributed by atoms with Gasteiger partial charge in [0.1, 0.15) is 0 Å². The molecule has 1 aromatic heterocycles. The monoisotopic (exact) mass is 400 g/mol. The van der Waals surface area contributed by atoms with Crippen molar-refractivity contribution in [3.63, 3.8) is 0 Å². The van der Waals surface area contributed by atoms with Crippen LogP contribution >= 0.6 is 11.6 Å². The summed E-state index contributed by atoms with van der Waals surface area (Å²) in [6.07, 6.45) is 5.90.